The van der Waals surface area contributed by atoms with Crippen LogP contribution in [0.15, 0.2) is 77.0 Å². The number of hydrogen-bond donors (Lipinski definition) is 1. The number of thiophene rings is 1. The molecule has 3 aromatic rings. The Balaban J connectivity index is 1.61. The summed E-state index contributed by atoms with van der Waals surface area (Å²) in [7, 11) is 1.86. The topological polar surface area (TPSA) is 32.3 Å². The van der Waals surface area contributed by atoms with Gasteiger partial charge in [0.15, 0.2) is 0 Å². The minimum absolute atomic E-state index is 0.0319. The molecule has 1 aromatic heterocycles. The second kappa shape index (κ2) is 9.74. The molecule has 0 fully saturated rings. The third-order valence-electron chi connectivity index (χ3n) is 4.42. The van der Waals surface area contributed by atoms with Gasteiger partial charge in [-0.2, -0.15) is 0 Å². The Morgan fingerprint density at radius 2 is 1.81 bits per heavy atom. The summed E-state index contributed by atoms with van der Waals surface area (Å²) in [6.07, 6.45) is 2.06. The van der Waals surface area contributed by atoms with Crippen molar-refractivity contribution < 1.29 is 4.79 Å². The highest BCUT2D eigenvalue weighted by Crippen LogP contribution is 2.25. The summed E-state index contributed by atoms with van der Waals surface area (Å²) in [5.41, 5.74) is 2.31. The second-order valence-electron chi connectivity index (χ2n) is 6.34. The Hall–Kier alpha value is -2.08. The van der Waals surface area contributed by atoms with E-state index in [4.69, 9.17) is 0 Å². The first-order valence-corrected chi connectivity index (χ1v) is 11.0. The summed E-state index contributed by atoms with van der Waals surface area (Å²) in [5.74, 6) is 0.0847. The lowest BCUT2D eigenvalue weighted by Crippen LogP contribution is -2.36. The molecule has 0 bridgehead atoms. The Morgan fingerprint density at radius 3 is 2.44 bits per heavy atom. The molecule has 2 aromatic carbocycles. The summed E-state index contributed by atoms with van der Waals surface area (Å²) in [6.45, 7) is 0.918. The number of benzene rings is 2. The first-order valence-electron chi connectivity index (χ1n) is 8.86. The van der Waals surface area contributed by atoms with E-state index in [0.29, 0.717) is 13.1 Å². The lowest BCUT2D eigenvalue weighted by molar-refractivity contribution is -0.129. The Bertz CT molecular complexity index is 833. The van der Waals surface area contributed by atoms with Gasteiger partial charge >= 0.3 is 0 Å². The largest absolute Gasteiger partial charge is 0.340 e. The molecule has 0 saturated heterocycles. The lowest BCUT2D eigenvalue weighted by atomic mass is 10.1. The van der Waals surface area contributed by atoms with Crippen LogP contribution < -0.4 is 5.32 Å². The van der Waals surface area contributed by atoms with Crippen LogP contribution in [0.4, 0.5) is 0 Å². The van der Waals surface area contributed by atoms with Crippen molar-refractivity contribution in [3.05, 3.63) is 88.1 Å². The third kappa shape index (κ3) is 5.45. The number of amides is 1. The van der Waals surface area contributed by atoms with Gasteiger partial charge in [0, 0.05) is 23.4 Å². The molecule has 3 nitrogen and oxygen atoms in total. The van der Waals surface area contributed by atoms with E-state index in [0.717, 1.165) is 5.56 Å². The van der Waals surface area contributed by atoms with Gasteiger partial charge in [-0.05, 0) is 41.0 Å². The number of hydrogen-bond acceptors (Lipinski definition) is 4. The van der Waals surface area contributed by atoms with Crippen LogP contribution >= 0.6 is 23.1 Å². The number of carbonyl (C=O) groups is 1. The van der Waals surface area contributed by atoms with Gasteiger partial charge in [-0.15, -0.1) is 23.1 Å². The number of nitrogens with zero attached hydrogens (tertiary/aromatic N) is 1. The van der Waals surface area contributed by atoms with Crippen molar-refractivity contribution in [2.75, 3.05) is 19.8 Å². The summed E-state index contributed by atoms with van der Waals surface area (Å²) in [5, 5.41) is 5.51. The quantitative estimate of drug-likeness (QED) is 0.555. The zero-order chi connectivity index (χ0) is 19.1. The predicted octanol–water partition coefficient (Wildman–Crippen LogP) is 4.81. The van der Waals surface area contributed by atoms with Gasteiger partial charge in [-0.3, -0.25) is 10.1 Å². The van der Waals surface area contributed by atoms with Crippen LogP contribution in [0.1, 0.15) is 22.0 Å². The van der Waals surface area contributed by atoms with E-state index >= 15 is 0 Å². The monoisotopic (exact) mass is 396 g/mol. The molecule has 0 unspecified atom stereocenters. The standard InChI is InChI=1S/C22H24N2OS2/c1-24(16-17-10-12-19(26-2)13-11-17)21(25)15-23-22(20-9-6-14-27-20)18-7-4-3-5-8-18/h3-14,22-23H,15-16H2,1-2H3/t22-/m1/s1. The highest BCUT2D eigenvalue weighted by atomic mass is 32.2. The van der Waals surface area contributed by atoms with Crippen LogP contribution in [-0.2, 0) is 11.3 Å². The van der Waals surface area contributed by atoms with E-state index < -0.39 is 0 Å². The molecule has 0 spiro atoms. The molecule has 1 atom stereocenters. The number of nitrogens with one attached hydrogen (secondary N) is 1. The molecule has 0 radical (unpaired) electrons. The summed E-state index contributed by atoms with van der Waals surface area (Å²) < 4.78 is 0. The second-order valence-corrected chi connectivity index (χ2v) is 8.20. The maximum Gasteiger partial charge on any atom is 0.236 e. The molecular weight excluding hydrogens is 372 g/mol. The highest BCUT2D eigenvalue weighted by molar-refractivity contribution is 7.98. The molecule has 1 heterocycles. The normalized spacial score (nSPS) is 11.9. The molecule has 0 aliphatic rings. The van der Waals surface area contributed by atoms with Crippen LogP contribution in [0.3, 0.4) is 0 Å². The maximum absolute atomic E-state index is 12.6. The summed E-state index contributed by atoms with van der Waals surface area (Å²) in [4.78, 5) is 16.9. The molecule has 1 amide bonds. The molecule has 27 heavy (non-hydrogen) atoms. The van der Waals surface area contributed by atoms with Gasteiger partial charge in [0.25, 0.3) is 0 Å². The van der Waals surface area contributed by atoms with E-state index in [1.165, 1.54) is 15.3 Å². The zero-order valence-corrected chi connectivity index (χ0v) is 17.2. The van der Waals surface area contributed by atoms with E-state index in [-0.39, 0.29) is 11.9 Å². The van der Waals surface area contributed by atoms with Crippen molar-refractivity contribution in [2.24, 2.45) is 0 Å². The number of likely N-dealkylation sites (N-methyl/N-ethyl adjacent to an activating group) is 1. The van der Waals surface area contributed by atoms with Crippen molar-refractivity contribution in [3.63, 3.8) is 0 Å². The van der Waals surface area contributed by atoms with Gasteiger partial charge < -0.3 is 4.90 Å². The smallest absolute Gasteiger partial charge is 0.236 e. The fourth-order valence-corrected chi connectivity index (χ4v) is 4.14. The molecule has 0 saturated carbocycles. The number of thioether (sulfide) groups is 1. The first-order chi connectivity index (χ1) is 13.2. The molecule has 3 rings (SSSR count). The van der Waals surface area contributed by atoms with E-state index in [1.54, 1.807) is 28.0 Å². The Kier molecular flexibility index (Phi) is 7.10. The molecular formula is C22H24N2OS2. The zero-order valence-electron chi connectivity index (χ0n) is 15.6. The van der Waals surface area contributed by atoms with Gasteiger partial charge in [-0.1, -0.05) is 48.5 Å². The van der Waals surface area contributed by atoms with Gasteiger partial charge in [0.1, 0.15) is 0 Å². The highest BCUT2D eigenvalue weighted by Gasteiger charge is 2.17. The molecule has 140 valence electrons. The first kappa shape index (κ1) is 19.7. The Morgan fingerprint density at radius 1 is 1.07 bits per heavy atom. The van der Waals surface area contributed by atoms with Crippen molar-refractivity contribution in [2.45, 2.75) is 17.5 Å². The van der Waals surface area contributed by atoms with Crippen molar-refractivity contribution >= 4 is 29.0 Å². The number of rotatable bonds is 8. The van der Waals surface area contributed by atoms with Crippen molar-refractivity contribution in [1.29, 1.82) is 0 Å². The van der Waals surface area contributed by atoms with E-state index in [9.17, 15) is 4.79 Å². The summed E-state index contributed by atoms with van der Waals surface area (Å²) in [6, 6.07) is 22.8. The van der Waals surface area contributed by atoms with E-state index in [2.05, 4.69) is 59.4 Å². The minimum Gasteiger partial charge on any atom is -0.340 e. The average molecular weight is 397 g/mol. The summed E-state index contributed by atoms with van der Waals surface area (Å²) >= 11 is 3.42. The van der Waals surface area contributed by atoms with Crippen LogP contribution in [0.25, 0.3) is 0 Å². The molecule has 0 aliphatic heterocycles. The lowest BCUT2D eigenvalue weighted by Gasteiger charge is -2.21. The minimum atomic E-state index is 0.0319. The van der Waals surface area contributed by atoms with E-state index in [1.807, 2.05) is 31.3 Å². The van der Waals surface area contributed by atoms with Crippen LogP contribution in [0.2, 0.25) is 0 Å². The van der Waals surface area contributed by atoms with Gasteiger partial charge in [-0.25, -0.2) is 0 Å². The Labute approximate surface area is 169 Å². The molecule has 5 heteroatoms. The fourth-order valence-electron chi connectivity index (χ4n) is 2.90. The van der Waals surface area contributed by atoms with Gasteiger partial charge in [0.05, 0.1) is 12.6 Å². The van der Waals surface area contributed by atoms with Crippen LogP contribution in [-0.4, -0.2) is 30.7 Å². The van der Waals surface area contributed by atoms with Crippen molar-refractivity contribution in [3.8, 4) is 0 Å². The van der Waals surface area contributed by atoms with Crippen LogP contribution in [0, 0.1) is 0 Å². The average Bonchev–Trinajstić information content (AvgIpc) is 3.24. The fraction of sp³-hybridized carbons (Fsp3) is 0.227. The number of carbonyl (C=O) groups excluding carboxylic acids is 1. The SMILES string of the molecule is CSc1ccc(CN(C)C(=O)CN[C@H](c2ccccc2)c2cccs2)cc1. The van der Waals surface area contributed by atoms with Crippen LogP contribution in [0.5, 0.6) is 0 Å². The molecule has 0 aliphatic carbocycles. The van der Waals surface area contributed by atoms with Gasteiger partial charge in [0.2, 0.25) is 5.91 Å². The molecule has 1 N–H and O–H groups in total. The maximum atomic E-state index is 12.6. The van der Waals surface area contributed by atoms with Crippen molar-refractivity contribution in [1.82, 2.24) is 10.2 Å². The third-order valence-corrected chi connectivity index (χ3v) is 6.10. The predicted molar refractivity (Wildman–Crippen MR) is 115 cm³/mol.